The Kier molecular flexibility index (Phi) is 6.13. The Morgan fingerprint density at radius 2 is 1.88 bits per heavy atom. The summed E-state index contributed by atoms with van der Waals surface area (Å²) in [7, 11) is 0. The predicted molar refractivity (Wildman–Crippen MR) is 101 cm³/mol. The van der Waals surface area contributed by atoms with Crippen LogP contribution in [0.1, 0.15) is 34.6 Å². The van der Waals surface area contributed by atoms with Gasteiger partial charge in [0.1, 0.15) is 17.1 Å². The van der Waals surface area contributed by atoms with E-state index in [-0.39, 0.29) is 22.5 Å². The molecule has 4 N–H and O–H groups in total. The van der Waals surface area contributed by atoms with E-state index >= 15 is 0 Å². The highest BCUT2D eigenvalue weighted by Crippen LogP contribution is 2.21. The molecule has 0 bridgehead atoms. The molecule has 26 heavy (non-hydrogen) atoms. The molecule has 0 aliphatic rings. The highest BCUT2D eigenvalue weighted by Gasteiger charge is 2.13. The van der Waals surface area contributed by atoms with Crippen LogP contribution in [0.15, 0.2) is 42.5 Å². The van der Waals surface area contributed by atoms with E-state index in [0.29, 0.717) is 17.0 Å². The summed E-state index contributed by atoms with van der Waals surface area (Å²) in [5.74, 6) is -1.51. The van der Waals surface area contributed by atoms with Crippen LogP contribution in [0.2, 0.25) is 0 Å². The molecule has 0 fully saturated rings. The zero-order valence-electron chi connectivity index (χ0n) is 14.1. The number of amides is 1. The van der Waals surface area contributed by atoms with Gasteiger partial charge in [0.2, 0.25) is 0 Å². The molecule has 8 heteroatoms. The van der Waals surface area contributed by atoms with E-state index in [1.807, 2.05) is 13.8 Å². The van der Waals surface area contributed by atoms with Crippen molar-refractivity contribution in [2.45, 2.75) is 20.0 Å². The SMILES string of the molecule is CC(C)Oc1cccc(C(=O)NC(=S)Nc2ccc(O)c(C(=O)O)c2)c1. The molecule has 7 nitrogen and oxygen atoms in total. The molecule has 2 rings (SSSR count). The lowest BCUT2D eigenvalue weighted by Crippen LogP contribution is -2.34. The van der Waals surface area contributed by atoms with Crippen molar-refractivity contribution in [2.75, 3.05) is 5.32 Å². The second-order valence-corrected chi connectivity index (χ2v) is 6.05. The maximum atomic E-state index is 12.3. The van der Waals surface area contributed by atoms with Crippen molar-refractivity contribution in [2.24, 2.45) is 0 Å². The molecule has 0 aliphatic heterocycles. The average Bonchev–Trinajstić information content (AvgIpc) is 2.56. The van der Waals surface area contributed by atoms with Crippen molar-refractivity contribution in [3.05, 3.63) is 53.6 Å². The quantitative estimate of drug-likeness (QED) is 0.471. The second-order valence-electron chi connectivity index (χ2n) is 5.64. The molecular formula is C18H18N2O5S. The minimum atomic E-state index is -1.27. The lowest BCUT2D eigenvalue weighted by Gasteiger charge is -2.12. The van der Waals surface area contributed by atoms with Crippen LogP contribution in [0.3, 0.4) is 0 Å². The fourth-order valence-electron chi connectivity index (χ4n) is 2.11. The van der Waals surface area contributed by atoms with Gasteiger partial charge in [-0.3, -0.25) is 10.1 Å². The molecule has 136 valence electrons. The predicted octanol–water partition coefficient (Wildman–Crippen LogP) is 3.00. The number of hydrogen-bond donors (Lipinski definition) is 4. The van der Waals surface area contributed by atoms with Crippen molar-refractivity contribution in [1.29, 1.82) is 0 Å². The number of nitrogens with one attached hydrogen (secondary N) is 2. The van der Waals surface area contributed by atoms with Gasteiger partial charge in [0, 0.05) is 11.3 Å². The van der Waals surface area contributed by atoms with Crippen molar-refractivity contribution in [3.8, 4) is 11.5 Å². The van der Waals surface area contributed by atoms with E-state index in [0.717, 1.165) is 0 Å². The van der Waals surface area contributed by atoms with Gasteiger partial charge >= 0.3 is 5.97 Å². The van der Waals surface area contributed by atoms with Gasteiger partial charge in [-0.05, 0) is 62.5 Å². The molecule has 2 aromatic rings. The van der Waals surface area contributed by atoms with Gasteiger partial charge in [-0.2, -0.15) is 0 Å². The third-order valence-electron chi connectivity index (χ3n) is 3.18. The van der Waals surface area contributed by atoms with Crippen molar-refractivity contribution in [3.63, 3.8) is 0 Å². The van der Waals surface area contributed by atoms with Crippen LogP contribution in [0.4, 0.5) is 5.69 Å². The summed E-state index contributed by atoms with van der Waals surface area (Å²) < 4.78 is 5.54. The number of carboxylic acids is 1. The average molecular weight is 374 g/mol. The number of thiocarbonyl (C=S) groups is 1. The topological polar surface area (TPSA) is 108 Å². The molecule has 0 spiro atoms. The lowest BCUT2D eigenvalue weighted by molar-refractivity contribution is 0.0693. The molecule has 0 aromatic heterocycles. The first-order valence-corrected chi connectivity index (χ1v) is 8.12. The normalized spacial score (nSPS) is 10.3. The first-order chi connectivity index (χ1) is 12.3. The molecule has 0 radical (unpaired) electrons. The van der Waals surface area contributed by atoms with Crippen LogP contribution < -0.4 is 15.4 Å². The van der Waals surface area contributed by atoms with Gasteiger partial charge in [0.05, 0.1) is 6.10 Å². The molecule has 1 amide bonds. The van der Waals surface area contributed by atoms with Gasteiger partial charge in [-0.25, -0.2) is 4.79 Å². The summed E-state index contributed by atoms with van der Waals surface area (Å²) in [6.45, 7) is 3.77. The summed E-state index contributed by atoms with van der Waals surface area (Å²) in [5.41, 5.74) is 0.411. The Morgan fingerprint density at radius 3 is 2.54 bits per heavy atom. The number of ether oxygens (including phenoxy) is 1. The van der Waals surface area contributed by atoms with E-state index in [4.69, 9.17) is 22.1 Å². The fourth-order valence-corrected chi connectivity index (χ4v) is 2.32. The van der Waals surface area contributed by atoms with Crippen molar-refractivity contribution < 1.29 is 24.5 Å². The number of carbonyl (C=O) groups is 2. The smallest absolute Gasteiger partial charge is 0.339 e. The Balaban J connectivity index is 2.05. The molecule has 0 saturated carbocycles. The summed E-state index contributed by atoms with van der Waals surface area (Å²) in [4.78, 5) is 23.3. The Hall–Kier alpha value is -3.13. The van der Waals surface area contributed by atoms with E-state index in [1.54, 1.807) is 24.3 Å². The largest absolute Gasteiger partial charge is 0.507 e. The summed E-state index contributed by atoms with van der Waals surface area (Å²) in [6.07, 6.45) is -0.0195. The van der Waals surface area contributed by atoms with Gasteiger partial charge in [0.25, 0.3) is 5.91 Å². The summed E-state index contributed by atoms with van der Waals surface area (Å²) in [5, 5.41) is 23.7. The van der Waals surface area contributed by atoms with E-state index in [1.165, 1.54) is 18.2 Å². The highest BCUT2D eigenvalue weighted by atomic mass is 32.1. The Labute approximate surface area is 155 Å². The van der Waals surface area contributed by atoms with Gasteiger partial charge in [0.15, 0.2) is 5.11 Å². The van der Waals surface area contributed by atoms with Crippen LogP contribution in [-0.2, 0) is 0 Å². The van der Waals surface area contributed by atoms with Crippen LogP contribution in [-0.4, -0.2) is 33.3 Å². The number of carbonyl (C=O) groups excluding carboxylic acids is 1. The molecule has 0 aliphatic carbocycles. The molecule has 0 heterocycles. The van der Waals surface area contributed by atoms with Crippen molar-refractivity contribution >= 4 is 34.9 Å². The Bertz CT molecular complexity index is 851. The maximum Gasteiger partial charge on any atom is 0.339 e. The van der Waals surface area contributed by atoms with Crippen LogP contribution >= 0.6 is 12.2 Å². The van der Waals surface area contributed by atoms with Crippen LogP contribution in [0, 0.1) is 0 Å². The standard InChI is InChI=1S/C18H18N2O5S/c1-10(2)25-13-5-3-4-11(8-13)16(22)20-18(26)19-12-6-7-15(21)14(9-12)17(23)24/h3-10,21H,1-2H3,(H,23,24)(H2,19,20,22,26). The number of anilines is 1. The fraction of sp³-hybridized carbons (Fsp3) is 0.167. The zero-order valence-corrected chi connectivity index (χ0v) is 15.0. The third-order valence-corrected chi connectivity index (χ3v) is 3.38. The maximum absolute atomic E-state index is 12.3. The third kappa shape index (κ3) is 5.18. The zero-order chi connectivity index (χ0) is 19.3. The van der Waals surface area contributed by atoms with Crippen molar-refractivity contribution in [1.82, 2.24) is 5.32 Å². The number of aromatic carboxylic acids is 1. The molecule has 0 unspecified atom stereocenters. The number of rotatable bonds is 5. The molecule has 0 saturated heterocycles. The number of benzene rings is 2. The van der Waals surface area contributed by atoms with E-state index in [2.05, 4.69) is 10.6 Å². The number of hydrogen-bond acceptors (Lipinski definition) is 5. The first-order valence-electron chi connectivity index (χ1n) is 7.71. The monoisotopic (exact) mass is 374 g/mol. The van der Waals surface area contributed by atoms with E-state index < -0.39 is 11.9 Å². The number of aromatic hydroxyl groups is 1. The van der Waals surface area contributed by atoms with Crippen LogP contribution in [0.25, 0.3) is 0 Å². The highest BCUT2D eigenvalue weighted by molar-refractivity contribution is 7.80. The van der Waals surface area contributed by atoms with Crippen LogP contribution in [0.5, 0.6) is 11.5 Å². The molecule has 2 aromatic carbocycles. The number of carboxylic acid groups (broad SMARTS) is 1. The minimum Gasteiger partial charge on any atom is -0.507 e. The minimum absolute atomic E-state index is 0.00721. The molecule has 0 atom stereocenters. The second kappa shape index (κ2) is 8.30. The summed E-state index contributed by atoms with van der Waals surface area (Å²) >= 11 is 5.07. The summed E-state index contributed by atoms with van der Waals surface area (Å²) in [6, 6.07) is 10.5. The lowest BCUT2D eigenvalue weighted by atomic mass is 10.2. The molecular weight excluding hydrogens is 356 g/mol. The van der Waals surface area contributed by atoms with E-state index in [9.17, 15) is 14.7 Å². The van der Waals surface area contributed by atoms with Gasteiger partial charge < -0.3 is 20.3 Å². The first kappa shape index (κ1) is 19.2. The Morgan fingerprint density at radius 1 is 1.15 bits per heavy atom. The van der Waals surface area contributed by atoms with Gasteiger partial charge in [-0.1, -0.05) is 6.07 Å². The van der Waals surface area contributed by atoms with Gasteiger partial charge in [-0.15, -0.1) is 0 Å². The number of phenols is 1.